The van der Waals surface area contributed by atoms with Crippen LogP contribution in [-0.4, -0.2) is 193 Å². The Bertz CT molecular complexity index is 2180. The number of amides is 1. The first kappa shape index (κ1) is 87.7. The molecule has 3 fully saturated rings. The molecule has 3 heterocycles. The number of allylic oxidation sites excluding steroid dienone is 17. The van der Waals surface area contributed by atoms with Crippen LogP contribution in [0.2, 0.25) is 0 Å². The van der Waals surface area contributed by atoms with E-state index in [4.69, 9.17) is 28.4 Å². The number of carbonyl (C=O) groups excluding carboxylic acids is 1. The third kappa shape index (κ3) is 38.9. The van der Waals surface area contributed by atoms with Gasteiger partial charge in [-0.1, -0.05) is 252 Å². The van der Waals surface area contributed by atoms with Gasteiger partial charge in [-0.3, -0.25) is 4.79 Å². The second-order valence-corrected chi connectivity index (χ2v) is 26.4. The summed E-state index contributed by atoms with van der Waals surface area (Å²) in [5, 5.41) is 121. The molecule has 3 rings (SSSR count). The largest absolute Gasteiger partial charge is 0.394 e. The van der Waals surface area contributed by atoms with Crippen LogP contribution in [0.5, 0.6) is 0 Å². The Labute approximate surface area is 583 Å². The quantitative estimate of drug-likeness (QED) is 0.0199. The van der Waals surface area contributed by atoms with Gasteiger partial charge in [-0.25, -0.2) is 0 Å². The molecule has 17 unspecified atom stereocenters. The predicted molar refractivity (Wildman–Crippen MR) is 383 cm³/mol. The average molecular weight is 1370 g/mol. The van der Waals surface area contributed by atoms with Crippen LogP contribution in [0.1, 0.15) is 245 Å². The summed E-state index contributed by atoms with van der Waals surface area (Å²) < 4.78 is 34.4. The molecule has 0 aromatic heterocycles. The number of rotatable bonds is 57. The highest BCUT2D eigenvalue weighted by Gasteiger charge is 2.53. The van der Waals surface area contributed by atoms with E-state index in [9.17, 15) is 61.0 Å². The van der Waals surface area contributed by atoms with Crippen molar-refractivity contribution in [1.82, 2.24) is 5.32 Å². The lowest BCUT2D eigenvalue weighted by Gasteiger charge is -2.48. The average Bonchev–Trinajstić information content (AvgIpc) is 0.790. The van der Waals surface area contributed by atoms with E-state index >= 15 is 0 Å². The zero-order valence-corrected chi connectivity index (χ0v) is 59.3. The topological polar surface area (TPSA) is 307 Å². The van der Waals surface area contributed by atoms with Gasteiger partial charge in [0.25, 0.3) is 0 Å². The molecule has 3 aliphatic rings. The number of aliphatic hydroxyl groups excluding tert-OH is 11. The van der Waals surface area contributed by atoms with Crippen molar-refractivity contribution < 1.29 is 89.4 Å². The van der Waals surface area contributed by atoms with Crippen molar-refractivity contribution in [2.75, 3.05) is 26.4 Å². The second-order valence-electron chi connectivity index (χ2n) is 26.4. The van der Waals surface area contributed by atoms with Crippen LogP contribution in [0.25, 0.3) is 0 Å². The molecule has 0 saturated carbocycles. The molecule has 19 heteroatoms. The Morgan fingerprint density at radius 2 is 0.722 bits per heavy atom. The molecule has 3 saturated heterocycles. The summed E-state index contributed by atoms with van der Waals surface area (Å²) in [6.45, 7) is 1.59. The molecule has 17 atom stereocenters. The molecule has 3 aliphatic heterocycles. The molecule has 19 nitrogen and oxygen atoms in total. The van der Waals surface area contributed by atoms with Gasteiger partial charge in [-0.05, 0) is 96.3 Å². The maximum Gasteiger partial charge on any atom is 0.220 e. The third-order valence-electron chi connectivity index (χ3n) is 18.0. The Morgan fingerprint density at radius 3 is 1.15 bits per heavy atom. The number of unbranched alkanes of at least 4 members (excludes halogenated alkanes) is 25. The van der Waals surface area contributed by atoms with Gasteiger partial charge in [0.15, 0.2) is 18.9 Å². The SMILES string of the molecule is CC/C=C\C/C=C\C/C=C\C/C=C\C/C=C\C/C=C\CCCCCCCCCCC(=O)NC(COC1OC(CO)C(OC2OC(CO)C(OC3OC(CO)C(O)C(O)C3O)C(O)C2O)C(O)C1O)C(O)/C=C/CC/C=C/CC/C=C/CCCCCCCCCCCCCCCCC. The summed E-state index contributed by atoms with van der Waals surface area (Å²) in [6, 6.07) is -1.01. The van der Waals surface area contributed by atoms with Gasteiger partial charge in [0.1, 0.15) is 73.2 Å². The molecule has 0 spiro atoms. The monoisotopic (exact) mass is 1370 g/mol. The summed E-state index contributed by atoms with van der Waals surface area (Å²) in [6.07, 6.45) is 52.0. The van der Waals surface area contributed by atoms with Gasteiger partial charge >= 0.3 is 0 Å². The minimum Gasteiger partial charge on any atom is -0.394 e. The van der Waals surface area contributed by atoms with Crippen LogP contribution < -0.4 is 5.32 Å². The van der Waals surface area contributed by atoms with E-state index < -0.39 is 124 Å². The van der Waals surface area contributed by atoms with E-state index in [1.165, 1.54) is 103 Å². The molecule has 1 amide bonds. The Balaban J connectivity index is 1.44. The van der Waals surface area contributed by atoms with Crippen molar-refractivity contribution >= 4 is 5.91 Å². The number of carbonyl (C=O) groups is 1. The molecule has 12 N–H and O–H groups in total. The summed E-state index contributed by atoms with van der Waals surface area (Å²) in [7, 11) is 0. The number of ether oxygens (including phenoxy) is 6. The normalized spacial score (nSPS) is 27.5. The molecule has 0 aromatic rings. The summed E-state index contributed by atoms with van der Waals surface area (Å²) in [5.74, 6) is -0.302. The highest BCUT2D eigenvalue weighted by molar-refractivity contribution is 5.76. The third-order valence-corrected chi connectivity index (χ3v) is 18.0. The molecule has 0 aromatic carbocycles. The first-order chi connectivity index (χ1) is 47.3. The van der Waals surface area contributed by atoms with Gasteiger partial charge in [-0.2, -0.15) is 0 Å². The van der Waals surface area contributed by atoms with E-state index in [1.807, 2.05) is 6.08 Å². The minimum absolute atomic E-state index is 0.215. The Morgan fingerprint density at radius 1 is 0.381 bits per heavy atom. The van der Waals surface area contributed by atoms with Crippen LogP contribution in [0.15, 0.2) is 109 Å². The lowest BCUT2D eigenvalue weighted by Crippen LogP contribution is -2.66. The number of nitrogens with one attached hydrogen (secondary N) is 1. The Kier molecular flexibility index (Phi) is 52.4. The predicted octanol–water partition coefficient (Wildman–Crippen LogP) is 11.4. The minimum atomic E-state index is -1.99. The summed E-state index contributed by atoms with van der Waals surface area (Å²) >= 11 is 0. The fourth-order valence-corrected chi connectivity index (χ4v) is 12.0. The number of hydrogen-bond donors (Lipinski definition) is 12. The molecule has 0 bridgehead atoms. The number of hydrogen-bond acceptors (Lipinski definition) is 18. The molecule has 0 radical (unpaired) electrons. The first-order valence-corrected chi connectivity index (χ1v) is 37.6. The molecular formula is C78H133NO18. The molecule has 97 heavy (non-hydrogen) atoms. The van der Waals surface area contributed by atoms with Crippen molar-refractivity contribution in [1.29, 1.82) is 0 Å². The van der Waals surface area contributed by atoms with Gasteiger partial charge in [0.05, 0.1) is 38.6 Å². The smallest absolute Gasteiger partial charge is 0.220 e. The van der Waals surface area contributed by atoms with Gasteiger partial charge in [0, 0.05) is 6.42 Å². The van der Waals surface area contributed by atoms with Crippen LogP contribution in [0.3, 0.4) is 0 Å². The first-order valence-electron chi connectivity index (χ1n) is 37.6. The molecule has 0 aliphatic carbocycles. The van der Waals surface area contributed by atoms with E-state index in [0.29, 0.717) is 12.8 Å². The lowest BCUT2D eigenvalue weighted by molar-refractivity contribution is -0.379. The Hall–Kier alpha value is -3.55. The highest BCUT2D eigenvalue weighted by atomic mass is 16.8. The maximum absolute atomic E-state index is 13.4. The van der Waals surface area contributed by atoms with Crippen LogP contribution in [0.4, 0.5) is 0 Å². The maximum atomic E-state index is 13.4. The van der Waals surface area contributed by atoms with Crippen LogP contribution in [-0.2, 0) is 33.2 Å². The fraction of sp³-hybridized carbons (Fsp3) is 0.756. The summed E-state index contributed by atoms with van der Waals surface area (Å²) in [5.41, 5.74) is 0. The molecule has 558 valence electrons. The number of aliphatic hydroxyl groups is 11. The van der Waals surface area contributed by atoms with Crippen molar-refractivity contribution in [2.24, 2.45) is 0 Å². The van der Waals surface area contributed by atoms with E-state index in [2.05, 4.69) is 116 Å². The van der Waals surface area contributed by atoms with Crippen LogP contribution >= 0.6 is 0 Å². The van der Waals surface area contributed by atoms with Crippen molar-refractivity contribution in [3.8, 4) is 0 Å². The van der Waals surface area contributed by atoms with E-state index in [0.717, 1.165) is 109 Å². The van der Waals surface area contributed by atoms with Gasteiger partial charge in [0.2, 0.25) is 5.91 Å². The van der Waals surface area contributed by atoms with E-state index in [1.54, 1.807) is 6.08 Å². The standard InChI is InChI=1S/C78H133NO18/c1-3-5-7-9-11-13-15-17-19-21-23-25-27-29-30-32-34-36-38-40-42-44-46-48-50-52-54-56-66(84)79-61(62(83)55-53-51-49-47-45-43-41-39-37-35-33-31-28-26-24-22-20-18-16-14-12-10-8-6-4-2)60-92-76-72(90)69(87)74(64(58-81)94-76)97-78-73(91)70(88)75(65(59-82)95-78)96-77-71(89)68(86)67(85)63(57-80)93-77/h5,7,11,13,17,19,23,25,29-30,34,36-37,39,45,47,53,55,61-65,67-78,80-83,85-91H,3-4,6,8-10,12,14-16,18,20-22,24,26-28,31-33,35,38,40-44,46,48-52,54,56-60H2,1-2H3,(H,79,84)/b7-5-,13-11-,19-17-,25-23-,30-29-,36-34-,39-37+,47-45+,55-53+. The zero-order valence-electron chi connectivity index (χ0n) is 59.3. The highest BCUT2D eigenvalue weighted by Crippen LogP contribution is 2.33. The van der Waals surface area contributed by atoms with Crippen LogP contribution in [0, 0.1) is 0 Å². The van der Waals surface area contributed by atoms with Crippen molar-refractivity contribution in [3.05, 3.63) is 109 Å². The van der Waals surface area contributed by atoms with E-state index in [-0.39, 0.29) is 18.9 Å². The molecular weight excluding hydrogens is 1240 g/mol. The van der Waals surface area contributed by atoms with Crippen molar-refractivity contribution in [2.45, 2.75) is 349 Å². The van der Waals surface area contributed by atoms with Gasteiger partial charge < -0.3 is 89.9 Å². The summed E-state index contributed by atoms with van der Waals surface area (Å²) in [4.78, 5) is 13.4. The van der Waals surface area contributed by atoms with Gasteiger partial charge in [-0.15, -0.1) is 0 Å². The lowest BCUT2D eigenvalue weighted by atomic mass is 9.96. The zero-order chi connectivity index (χ0) is 70.4. The van der Waals surface area contributed by atoms with Crippen molar-refractivity contribution in [3.63, 3.8) is 0 Å². The second kappa shape index (κ2) is 58.0. The fourth-order valence-electron chi connectivity index (χ4n) is 12.0.